The van der Waals surface area contributed by atoms with Gasteiger partial charge in [-0.05, 0) is 31.3 Å². The number of nitrogens with two attached hydrogens (primary N) is 1. The van der Waals surface area contributed by atoms with Gasteiger partial charge in [-0.2, -0.15) is 11.8 Å². The van der Waals surface area contributed by atoms with Crippen LogP contribution in [0.5, 0.6) is 0 Å². The fraction of sp³-hybridized carbons (Fsp3) is 0.909. The van der Waals surface area contributed by atoms with Gasteiger partial charge in [0.25, 0.3) is 0 Å². The van der Waals surface area contributed by atoms with E-state index in [0.29, 0.717) is 17.9 Å². The Kier molecular flexibility index (Phi) is 7.65. The number of hydrogen-bond acceptors (Lipinski definition) is 2. The summed E-state index contributed by atoms with van der Waals surface area (Å²) in [5.74, 6) is 2.40. The van der Waals surface area contributed by atoms with Gasteiger partial charge in [-0.3, -0.25) is 4.99 Å². The van der Waals surface area contributed by atoms with Gasteiger partial charge in [-0.1, -0.05) is 13.8 Å². The third kappa shape index (κ3) is 6.66. The Morgan fingerprint density at radius 3 is 2.47 bits per heavy atom. The molecule has 0 aliphatic carbocycles. The zero-order chi connectivity index (χ0) is 11.8. The van der Waals surface area contributed by atoms with Crippen LogP contribution < -0.4 is 5.73 Å². The van der Waals surface area contributed by atoms with Gasteiger partial charge in [-0.15, -0.1) is 0 Å². The normalized spacial score (nSPS) is 14.4. The van der Waals surface area contributed by atoms with Crippen molar-refractivity contribution in [3.8, 4) is 0 Å². The van der Waals surface area contributed by atoms with Crippen LogP contribution >= 0.6 is 11.8 Å². The van der Waals surface area contributed by atoms with E-state index in [0.717, 1.165) is 13.0 Å². The second-order valence-corrected chi connectivity index (χ2v) is 5.32. The SMILES string of the molecule is CSCCC(C)N(C)C(N)=NCC(C)C. The van der Waals surface area contributed by atoms with Gasteiger partial charge in [-0.25, -0.2) is 0 Å². The van der Waals surface area contributed by atoms with E-state index in [9.17, 15) is 0 Å². The van der Waals surface area contributed by atoms with Gasteiger partial charge < -0.3 is 10.6 Å². The summed E-state index contributed by atoms with van der Waals surface area (Å²) in [7, 11) is 2.02. The summed E-state index contributed by atoms with van der Waals surface area (Å²) in [5, 5.41) is 0. The molecule has 0 aromatic rings. The number of rotatable bonds is 6. The molecule has 0 saturated carbocycles. The van der Waals surface area contributed by atoms with Gasteiger partial charge in [0.2, 0.25) is 0 Å². The van der Waals surface area contributed by atoms with Gasteiger partial charge in [0.15, 0.2) is 5.96 Å². The van der Waals surface area contributed by atoms with E-state index in [-0.39, 0.29) is 0 Å². The molecule has 3 nitrogen and oxygen atoms in total. The Morgan fingerprint density at radius 1 is 1.40 bits per heavy atom. The summed E-state index contributed by atoms with van der Waals surface area (Å²) in [6.07, 6.45) is 3.28. The van der Waals surface area contributed by atoms with Crippen LogP contribution in [0.1, 0.15) is 27.2 Å². The van der Waals surface area contributed by atoms with E-state index >= 15 is 0 Å². The van der Waals surface area contributed by atoms with Crippen LogP contribution in [0.2, 0.25) is 0 Å². The Balaban J connectivity index is 4.05. The fourth-order valence-electron chi connectivity index (χ4n) is 1.10. The maximum Gasteiger partial charge on any atom is 0.191 e. The minimum Gasteiger partial charge on any atom is -0.370 e. The third-order valence-corrected chi connectivity index (χ3v) is 3.02. The molecular weight excluding hydrogens is 206 g/mol. The zero-order valence-corrected chi connectivity index (χ0v) is 11.5. The first kappa shape index (κ1) is 14.6. The van der Waals surface area contributed by atoms with Gasteiger partial charge in [0.1, 0.15) is 0 Å². The molecule has 0 aromatic heterocycles. The maximum atomic E-state index is 5.91. The molecule has 0 rings (SSSR count). The number of aliphatic imine (C=N–C) groups is 1. The summed E-state index contributed by atoms with van der Waals surface area (Å²) >= 11 is 1.87. The first-order chi connectivity index (χ1) is 6.99. The van der Waals surface area contributed by atoms with E-state index < -0.39 is 0 Å². The lowest BCUT2D eigenvalue weighted by molar-refractivity contribution is 0.377. The second kappa shape index (κ2) is 7.85. The van der Waals surface area contributed by atoms with Crippen molar-refractivity contribution in [1.29, 1.82) is 0 Å². The molecule has 0 heterocycles. The minimum absolute atomic E-state index is 0.466. The van der Waals surface area contributed by atoms with Crippen LogP contribution in [0.4, 0.5) is 0 Å². The Labute approximate surface area is 98.5 Å². The highest BCUT2D eigenvalue weighted by Crippen LogP contribution is 2.05. The van der Waals surface area contributed by atoms with Crippen LogP contribution in [0, 0.1) is 5.92 Å². The topological polar surface area (TPSA) is 41.6 Å². The lowest BCUT2D eigenvalue weighted by Crippen LogP contribution is -2.40. The van der Waals surface area contributed by atoms with Crippen molar-refractivity contribution >= 4 is 17.7 Å². The van der Waals surface area contributed by atoms with Crippen LogP contribution in [0.3, 0.4) is 0 Å². The van der Waals surface area contributed by atoms with Gasteiger partial charge in [0.05, 0.1) is 0 Å². The first-order valence-electron chi connectivity index (χ1n) is 5.50. The van der Waals surface area contributed by atoms with E-state index in [1.807, 2.05) is 18.8 Å². The lowest BCUT2D eigenvalue weighted by Gasteiger charge is -2.25. The van der Waals surface area contributed by atoms with E-state index in [1.54, 1.807) is 0 Å². The zero-order valence-electron chi connectivity index (χ0n) is 10.7. The molecule has 0 fully saturated rings. The highest BCUT2D eigenvalue weighted by atomic mass is 32.2. The summed E-state index contributed by atoms with van der Waals surface area (Å²) < 4.78 is 0. The molecule has 1 unspecified atom stereocenters. The molecule has 15 heavy (non-hydrogen) atoms. The number of nitrogens with zero attached hydrogens (tertiary/aromatic N) is 2. The molecule has 90 valence electrons. The molecule has 4 heteroatoms. The average molecular weight is 231 g/mol. The van der Waals surface area contributed by atoms with Gasteiger partial charge in [0, 0.05) is 19.6 Å². The Hall–Kier alpha value is -0.380. The molecule has 0 saturated heterocycles. The lowest BCUT2D eigenvalue weighted by atomic mass is 10.2. The smallest absolute Gasteiger partial charge is 0.191 e. The highest BCUT2D eigenvalue weighted by Gasteiger charge is 2.10. The predicted molar refractivity (Wildman–Crippen MR) is 71.6 cm³/mol. The van der Waals surface area contributed by atoms with Crippen molar-refractivity contribution in [2.24, 2.45) is 16.6 Å². The number of guanidine groups is 1. The third-order valence-electron chi connectivity index (χ3n) is 2.38. The standard InChI is InChI=1S/C11H25N3S/c1-9(2)8-13-11(12)14(4)10(3)6-7-15-5/h9-10H,6-8H2,1-5H3,(H2,12,13). The quantitative estimate of drug-likeness (QED) is 0.562. The van der Waals surface area contributed by atoms with E-state index in [2.05, 4.69) is 36.9 Å². The fourth-order valence-corrected chi connectivity index (χ4v) is 1.67. The molecule has 0 aliphatic heterocycles. The van der Waals surface area contributed by atoms with Crippen LogP contribution in [-0.2, 0) is 0 Å². The largest absolute Gasteiger partial charge is 0.370 e. The second-order valence-electron chi connectivity index (χ2n) is 4.33. The van der Waals surface area contributed by atoms with Crippen LogP contribution in [-0.4, -0.2) is 42.5 Å². The van der Waals surface area contributed by atoms with Crippen molar-refractivity contribution in [3.63, 3.8) is 0 Å². The molecule has 0 bridgehead atoms. The first-order valence-corrected chi connectivity index (χ1v) is 6.90. The van der Waals surface area contributed by atoms with Crippen LogP contribution in [0.25, 0.3) is 0 Å². The molecule has 0 spiro atoms. The molecule has 1 atom stereocenters. The summed E-state index contributed by atoms with van der Waals surface area (Å²) in [6, 6.07) is 0.466. The monoisotopic (exact) mass is 231 g/mol. The minimum atomic E-state index is 0.466. The van der Waals surface area contributed by atoms with Crippen LogP contribution in [0.15, 0.2) is 4.99 Å². The average Bonchev–Trinajstić information content (AvgIpc) is 2.21. The number of hydrogen-bond donors (Lipinski definition) is 1. The highest BCUT2D eigenvalue weighted by molar-refractivity contribution is 7.98. The van der Waals surface area contributed by atoms with Crippen molar-refractivity contribution in [1.82, 2.24) is 4.90 Å². The summed E-state index contributed by atoms with van der Waals surface area (Å²) in [4.78, 5) is 6.43. The summed E-state index contributed by atoms with van der Waals surface area (Å²) in [5.41, 5.74) is 5.91. The molecule has 2 N–H and O–H groups in total. The summed E-state index contributed by atoms with van der Waals surface area (Å²) in [6.45, 7) is 7.29. The Bertz CT molecular complexity index is 192. The van der Waals surface area contributed by atoms with E-state index in [1.165, 1.54) is 5.75 Å². The molecule has 0 amide bonds. The van der Waals surface area contributed by atoms with Crippen molar-refractivity contribution in [3.05, 3.63) is 0 Å². The maximum absolute atomic E-state index is 5.91. The number of thioether (sulfide) groups is 1. The molecular formula is C11H25N3S. The molecule has 0 aliphatic rings. The van der Waals surface area contributed by atoms with Crippen molar-refractivity contribution < 1.29 is 0 Å². The van der Waals surface area contributed by atoms with Crippen molar-refractivity contribution in [2.75, 3.05) is 25.6 Å². The Morgan fingerprint density at radius 2 is 2.00 bits per heavy atom. The van der Waals surface area contributed by atoms with Crippen molar-refractivity contribution in [2.45, 2.75) is 33.2 Å². The predicted octanol–water partition coefficient (Wildman–Crippen LogP) is 2.03. The molecule has 0 radical (unpaired) electrons. The van der Waals surface area contributed by atoms with Gasteiger partial charge >= 0.3 is 0 Å². The molecule has 0 aromatic carbocycles. The van der Waals surface area contributed by atoms with E-state index in [4.69, 9.17) is 5.73 Å².